The number of halogens is 3. The molecule has 0 radical (unpaired) electrons. The molecule has 0 aliphatic heterocycles. The summed E-state index contributed by atoms with van der Waals surface area (Å²) in [5.74, 6) is -0.331. The molecule has 226 valence electrons. The molecule has 8 nitrogen and oxygen atoms in total. The van der Waals surface area contributed by atoms with Crippen molar-refractivity contribution < 1.29 is 27.5 Å². The number of aromatic nitrogens is 3. The summed E-state index contributed by atoms with van der Waals surface area (Å²) in [6.07, 6.45) is 0.755. The summed E-state index contributed by atoms with van der Waals surface area (Å²) in [4.78, 5) is 29.6. The zero-order valence-corrected chi connectivity index (χ0v) is 25.0. The third-order valence-electron chi connectivity index (χ3n) is 6.83. The molecular weight excluding hydrogens is 579 g/mol. The second-order valence-electron chi connectivity index (χ2n) is 11.5. The van der Waals surface area contributed by atoms with Gasteiger partial charge >= 0.3 is 12.3 Å². The van der Waals surface area contributed by atoms with Crippen LogP contribution in [0.1, 0.15) is 79.8 Å². The topological polar surface area (TPSA) is 98.1 Å². The van der Waals surface area contributed by atoms with E-state index >= 15 is 0 Å². The van der Waals surface area contributed by atoms with Gasteiger partial charge in [-0.1, -0.05) is 30.3 Å². The number of hydrogen-bond acceptors (Lipinski definition) is 6. The molecule has 4 aromatic rings. The number of nitrogens with one attached hydrogen (secondary N) is 2. The molecule has 2 aromatic carbocycles. The van der Waals surface area contributed by atoms with E-state index in [1.54, 1.807) is 56.6 Å². The quantitative estimate of drug-likeness (QED) is 0.215. The van der Waals surface area contributed by atoms with Crippen molar-refractivity contribution >= 4 is 23.3 Å². The van der Waals surface area contributed by atoms with Crippen molar-refractivity contribution in [3.05, 3.63) is 82.6 Å². The average molecular weight is 612 g/mol. The molecule has 2 N–H and O–H groups in total. The van der Waals surface area contributed by atoms with Crippen molar-refractivity contribution in [2.24, 2.45) is 0 Å². The van der Waals surface area contributed by atoms with Crippen molar-refractivity contribution in [1.29, 1.82) is 0 Å². The summed E-state index contributed by atoms with van der Waals surface area (Å²) in [6.45, 7) is 6.97. The van der Waals surface area contributed by atoms with Crippen LogP contribution >= 0.6 is 11.3 Å². The lowest BCUT2D eigenvalue weighted by Crippen LogP contribution is -2.32. The van der Waals surface area contributed by atoms with Gasteiger partial charge < -0.3 is 15.4 Å². The molecule has 2 aromatic heterocycles. The standard InChI is InChI=1S/C31H32F3N5O3S/c1-18(37-27(40)26-17-43-28(38-26)22-15-36-39(16-22)24-11-12-24)19-5-7-20(8-6-19)25-13-23(31(32,33)34)10-9-21(25)14-35-29(41)42-30(2,3)4/h5-10,13,15-18,24H,11-12,14H2,1-4H3,(H,35,41)(H,37,40)/t18-/m1/s1. The molecule has 1 aliphatic carbocycles. The van der Waals surface area contributed by atoms with Gasteiger partial charge in [-0.05, 0) is 74.9 Å². The number of ether oxygens (including phenoxy) is 1. The molecule has 1 saturated carbocycles. The van der Waals surface area contributed by atoms with Gasteiger partial charge in [0, 0.05) is 23.7 Å². The Balaban J connectivity index is 1.28. The van der Waals surface area contributed by atoms with Gasteiger partial charge in [-0.15, -0.1) is 11.3 Å². The van der Waals surface area contributed by atoms with Crippen molar-refractivity contribution in [3.8, 4) is 21.7 Å². The SMILES string of the molecule is C[C@@H](NC(=O)c1csc(-c2cnn(C3CC3)c2)n1)c1ccc(-c2cc(C(F)(F)F)ccc2CNC(=O)OC(C)(C)C)cc1. The van der Waals surface area contributed by atoms with Crippen LogP contribution in [0.2, 0.25) is 0 Å². The first kappa shape index (κ1) is 30.3. The monoisotopic (exact) mass is 611 g/mol. The van der Waals surface area contributed by atoms with Gasteiger partial charge in [-0.3, -0.25) is 9.48 Å². The van der Waals surface area contributed by atoms with Crippen LogP contribution in [0.5, 0.6) is 0 Å². The number of carbonyl (C=O) groups excluding carboxylic acids is 2. The second-order valence-corrected chi connectivity index (χ2v) is 12.4. The Kier molecular flexibility index (Phi) is 8.33. The van der Waals surface area contributed by atoms with E-state index in [0.717, 1.165) is 36.1 Å². The molecular formula is C31H32F3N5O3S. The predicted octanol–water partition coefficient (Wildman–Crippen LogP) is 7.54. The maximum Gasteiger partial charge on any atom is 0.416 e. The lowest BCUT2D eigenvalue weighted by atomic mass is 9.95. The molecule has 0 spiro atoms. The van der Waals surface area contributed by atoms with Crippen molar-refractivity contribution in [2.75, 3.05) is 0 Å². The Hall–Kier alpha value is -4.19. The fourth-order valence-electron chi connectivity index (χ4n) is 4.46. The number of thiazole rings is 1. The lowest BCUT2D eigenvalue weighted by molar-refractivity contribution is -0.137. The smallest absolute Gasteiger partial charge is 0.416 e. The fraction of sp³-hybridized carbons (Fsp3) is 0.355. The molecule has 2 amide bonds. The minimum absolute atomic E-state index is 0.0202. The summed E-state index contributed by atoms with van der Waals surface area (Å²) >= 11 is 1.37. The van der Waals surface area contributed by atoms with E-state index in [2.05, 4.69) is 20.7 Å². The lowest BCUT2D eigenvalue weighted by Gasteiger charge is -2.20. The van der Waals surface area contributed by atoms with E-state index in [9.17, 15) is 22.8 Å². The molecule has 5 rings (SSSR count). The molecule has 43 heavy (non-hydrogen) atoms. The predicted molar refractivity (Wildman–Crippen MR) is 157 cm³/mol. The van der Waals surface area contributed by atoms with Crippen LogP contribution in [0.3, 0.4) is 0 Å². The molecule has 0 saturated heterocycles. The molecule has 1 atom stereocenters. The van der Waals surface area contributed by atoms with E-state index in [1.807, 2.05) is 17.8 Å². The number of amides is 2. The zero-order chi connectivity index (χ0) is 30.9. The molecule has 12 heteroatoms. The largest absolute Gasteiger partial charge is 0.444 e. The van der Waals surface area contributed by atoms with Crippen molar-refractivity contribution in [3.63, 3.8) is 0 Å². The van der Waals surface area contributed by atoms with Gasteiger partial charge in [0.1, 0.15) is 16.3 Å². The number of rotatable bonds is 8. The summed E-state index contributed by atoms with van der Waals surface area (Å²) in [6, 6.07) is 10.4. The van der Waals surface area contributed by atoms with Crippen LogP contribution < -0.4 is 10.6 Å². The highest BCUT2D eigenvalue weighted by Crippen LogP contribution is 2.36. The minimum Gasteiger partial charge on any atom is -0.444 e. The third kappa shape index (κ3) is 7.61. The van der Waals surface area contributed by atoms with Crippen LogP contribution in [0.25, 0.3) is 21.7 Å². The molecule has 1 fully saturated rings. The van der Waals surface area contributed by atoms with Gasteiger partial charge in [-0.2, -0.15) is 18.3 Å². The fourth-order valence-corrected chi connectivity index (χ4v) is 5.24. The van der Waals surface area contributed by atoms with Gasteiger partial charge in [0.15, 0.2) is 0 Å². The Morgan fingerprint density at radius 3 is 2.47 bits per heavy atom. The first-order valence-electron chi connectivity index (χ1n) is 13.8. The van der Waals surface area contributed by atoms with Crippen molar-refractivity contribution in [2.45, 2.75) is 70.9 Å². The van der Waals surface area contributed by atoms with Gasteiger partial charge in [-0.25, -0.2) is 9.78 Å². The number of benzene rings is 2. The average Bonchev–Trinajstić information content (AvgIpc) is 3.45. The first-order chi connectivity index (χ1) is 20.3. The van der Waals surface area contributed by atoms with Crippen LogP contribution in [-0.4, -0.2) is 32.4 Å². The summed E-state index contributed by atoms with van der Waals surface area (Å²) in [5.41, 5.74) is 1.78. The highest BCUT2D eigenvalue weighted by Gasteiger charge is 2.31. The summed E-state index contributed by atoms with van der Waals surface area (Å²) in [7, 11) is 0. The maximum atomic E-state index is 13.5. The highest BCUT2D eigenvalue weighted by molar-refractivity contribution is 7.13. The van der Waals surface area contributed by atoms with Crippen LogP contribution in [0, 0.1) is 0 Å². The number of alkyl carbamates (subject to hydrolysis) is 1. The highest BCUT2D eigenvalue weighted by atomic mass is 32.1. The number of alkyl halides is 3. The Labute approximate surface area is 251 Å². The van der Waals surface area contributed by atoms with Gasteiger partial charge in [0.05, 0.1) is 23.8 Å². The molecule has 2 heterocycles. The third-order valence-corrected chi connectivity index (χ3v) is 7.73. The molecule has 0 bridgehead atoms. The van der Waals surface area contributed by atoms with E-state index < -0.39 is 23.4 Å². The molecule has 1 aliphatic rings. The van der Waals surface area contributed by atoms with Crippen molar-refractivity contribution in [1.82, 2.24) is 25.4 Å². The first-order valence-corrected chi connectivity index (χ1v) is 14.7. The van der Waals surface area contributed by atoms with Crippen LogP contribution in [0.15, 0.2) is 60.2 Å². The Bertz CT molecular complexity index is 1620. The summed E-state index contributed by atoms with van der Waals surface area (Å²) in [5, 5.41) is 12.3. The Morgan fingerprint density at radius 1 is 1.09 bits per heavy atom. The number of carbonyl (C=O) groups is 2. The van der Waals surface area contributed by atoms with E-state index in [-0.39, 0.29) is 18.5 Å². The zero-order valence-electron chi connectivity index (χ0n) is 24.2. The maximum absolute atomic E-state index is 13.5. The van der Waals surface area contributed by atoms with Crippen LogP contribution in [-0.2, 0) is 17.5 Å². The normalized spacial score (nSPS) is 14.3. The van der Waals surface area contributed by atoms with E-state index in [0.29, 0.717) is 33.4 Å². The number of hydrogen-bond donors (Lipinski definition) is 2. The second kappa shape index (κ2) is 11.8. The van der Waals surface area contributed by atoms with Crippen LogP contribution in [0.4, 0.5) is 18.0 Å². The number of nitrogens with zero attached hydrogens (tertiary/aromatic N) is 3. The molecule has 0 unspecified atom stereocenters. The van der Waals surface area contributed by atoms with E-state index in [1.165, 1.54) is 17.4 Å². The summed E-state index contributed by atoms with van der Waals surface area (Å²) < 4.78 is 47.8. The Morgan fingerprint density at radius 2 is 1.81 bits per heavy atom. The van der Waals surface area contributed by atoms with Gasteiger partial charge in [0.2, 0.25) is 0 Å². The van der Waals surface area contributed by atoms with E-state index in [4.69, 9.17) is 4.74 Å². The van der Waals surface area contributed by atoms with Gasteiger partial charge in [0.25, 0.3) is 5.91 Å². The minimum atomic E-state index is -4.53.